The molecule has 0 atom stereocenters. The maximum atomic E-state index is 6.36. The average molecular weight is 573 g/mol. The van der Waals surface area contributed by atoms with Crippen molar-refractivity contribution in [2.45, 2.75) is 20.5 Å². The molecule has 0 unspecified atom stereocenters. The van der Waals surface area contributed by atoms with E-state index in [0.717, 1.165) is 67.8 Å². The van der Waals surface area contributed by atoms with Crippen molar-refractivity contribution >= 4 is 23.3 Å². The van der Waals surface area contributed by atoms with Crippen molar-refractivity contribution in [1.29, 1.82) is 0 Å². The molecule has 6 rings (SSSR count). The zero-order valence-corrected chi connectivity index (χ0v) is 25.1. The highest BCUT2D eigenvalue weighted by molar-refractivity contribution is 6.04. The van der Waals surface area contributed by atoms with Gasteiger partial charge in [-0.05, 0) is 48.2 Å². The number of nitrogens with zero attached hydrogens (tertiary/aromatic N) is 5. The first-order valence-corrected chi connectivity index (χ1v) is 15.1. The second-order valence-corrected chi connectivity index (χ2v) is 11.1. The minimum absolute atomic E-state index is 0.494. The number of benzene rings is 4. The molecule has 2 aliphatic heterocycles. The van der Waals surface area contributed by atoms with Gasteiger partial charge >= 0.3 is 0 Å². The summed E-state index contributed by atoms with van der Waals surface area (Å²) in [7, 11) is 0. The molecule has 1 fully saturated rings. The predicted octanol–water partition coefficient (Wildman–Crippen LogP) is 6.27. The van der Waals surface area contributed by atoms with E-state index in [1.807, 2.05) is 41.5 Å². The summed E-state index contributed by atoms with van der Waals surface area (Å²) in [5.74, 6) is 1.76. The maximum Gasteiger partial charge on any atom is 0.166 e. The van der Waals surface area contributed by atoms with Gasteiger partial charge in [-0.3, -0.25) is 9.80 Å². The molecule has 7 nitrogen and oxygen atoms in total. The number of hydrogen-bond acceptors (Lipinski definition) is 7. The molecule has 1 saturated heterocycles. The molecule has 4 aromatic carbocycles. The number of amidine groups is 1. The molecule has 220 valence electrons. The third-order valence-electron chi connectivity index (χ3n) is 8.00. The Labute approximate surface area is 255 Å². The molecule has 0 amide bonds. The number of hydrazone groups is 1. The maximum absolute atomic E-state index is 6.36. The van der Waals surface area contributed by atoms with Crippen molar-refractivity contribution in [3.8, 4) is 5.75 Å². The molecule has 0 radical (unpaired) electrons. The van der Waals surface area contributed by atoms with Crippen LogP contribution in [0.1, 0.15) is 22.3 Å². The van der Waals surface area contributed by atoms with Crippen LogP contribution in [0.4, 0.5) is 11.4 Å². The highest BCUT2D eigenvalue weighted by atomic mass is 16.5. The fourth-order valence-electron chi connectivity index (χ4n) is 5.67. The standard InChI is InChI=1S/C36H40N6O/c1-29-13-11-14-30(2)36(29)41-35(27-40-25-23-39(24-26-40)22-12-19-31-15-5-3-6-16-31)37-38-42(41)33-20-9-10-21-34(33)43-28-32-17-7-4-8-18-32/h3-21,38H,22-28H2,1-2H3. The summed E-state index contributed by atoms with van der Waals surface area (Å²) in [5.41, 5.74) is 10.1. The number of para-hydroxylation sites is 3. The highest BCUT2D eigenvalue weighted by Gasteiger charge is 2.33. The Balaban J connectivity index is 1.17. The summed E-state index contributed by atoms with van der Waals surface area (Å²) in [6, 6.07) is 35.4. The fraction of sp³-hybridized carbons (Fsp3) is 0.250. The lowest BCUT2D eigenvalue weighted by Gasteiger charge is -2.37. The van der Waals surface area contributed by atoms with Crippen LogP contribution in [0.3, 0.4) is 0 Å². The van der Waals surface area contributed by atoms with Gasteiger partial charge in [0.2, 0.25) is 0 Å². The van der Waals surface area contributed by atoms with Crippen LogP contribution in [0.15, 0.2) is 114 Å². The Bertz CT molecular complexity index is 1530. The quantitative estimate of drug-likeness (QED) is 0.242. The first-order chi connectivity index (χ1) is 21.2. The summed E-state index contributed by atoms with van der Waals surface area (Å²) >= 11 is 0. The molecule has 2 heterocycles. The zero-order valence-electron chi connectivity index (χ0n) is 25.1. The number of anilines is 2. The van der Waals surface area contributed by atoms with Crippen molar-refractivity contribution < 1.29 is 4.74 Å². The number of nitrogens with one attached hydrogen (secondary N) is 1. The Morgan fingerprint density at radius 2 is 1.40 bits per heavy atom. The fourth-order valence-corrected chi connectivity index (χ4v) is 5.67. The van der Waals surface area contributed by atoms with E-state index in [4.69, 9.17) is 9.84 Å². The smallest absolute Gasteiger partial charge is 0.166 e. The van der Waals surface area contributed by atoms with Gasteiger partial charge in [-0.1, -0.05) is 103 Å². The van der Waals surface area contributed by atoms with E-state index in [2.05, 4.69) is 113 Å². The van der Waals surface area contributed by atoms with E-state index < -0.39 is 0 Å². The predicted molar refractivity (Wildman–Crippen MR) is 177 cm³/mol. The summed E-state index contributed by atoms with van der Waals surface area (Å²) in [4.78, 5) is 5.01. The number of rotatable bonds is 10. The van der Waals surface area contributed by atoms with Crippen LogP contribution < -0.4 is 20.4 Å². The Kier molecular flexibility index (Phi) is 9.02. The first kappa shape index (κ1) is 28.5. The van der Waals surface area contributed by atoms with Gasteiger partial charge in [0.05, 0.1) is 12.2 Å². The molecule has 0 aliphatic carbocycles. The van der Waals surface area contributed by atoms with Gasteiger partial charge in [0.15, 0.2) is 5.84 Å². The highest BCUT2D eigenvalue weighted by Crippen LogP contribution is 2.35. The van der Waals surface area contributed by atoms with Crippen molar-refractivity contribution in [3.63, 3.8) is 0 Å². The zero-order chi connectivity index (χ0) is 29.4. The second kappa shape index (κ2) is 13.6. The van der Waals surface area contributed by atoms with Gasteiger partial charge in [-0.25, -0.2) is 5.01 Å². The van der Waals surface area contributed by atoms with E-state index in [-0.39, 0.29) is 0 Å². The molecule has 0 bridgehead atoms. The van der Waals surface area contributed by atoms with E-state index in [1.165, 1.54) is 16.7 Å². The van der Waals surface area contributed by atoms with Gasteiger partial charge < -0.3 is 4.74 Å². The Morgan fingerprint density at radius 3 is 2.14 bits per heavy atom. The molecule has 0 saturated carbocycles. The van der Waals surface area contributed by atoms with E-state index in [1.54, 1.807) is 0 Å². The topological polar surface area (TPSA) is 46.6 Å². The molecule has 2 aliphatic rings. The number of hydrazine groups is 2. The van der Waals surface area contributed by atoms with Crippen molar-refractivity contribution in [2.24, 2.45) is 5.10 Å². The number of piperazine rings is 1. The van der Waals surface area contributed by atoms with Crippen LogP contribution in [0.2, 0.25) is 0 Å². The average Bonchev–Trinajstić information content (AvgIpc) is 3.44. The Morgan fingerprint density at radius 1 is 0.744 bits per heavy atom. The molecule has 43 heavy (non-hydrogen) atoms. The molecule has 7 heteroatoms. The van der Waals surface area contributed by atoms with Gasteiger partial charge in [0, 0.05) is 32.7 Å². The van der Waals surface area contributed by atoms with Crippen LogP contribution in [-0.2, 0) is 6.61 Å². The van der Waals surface area contributed by atoms with Crippen LogP contribution in [0, 0.1) is 13.8 Å². The van der Waals surface area contributed by atoms with Crippen LogP contribution in [-0.4, -0.2) is 54.9 Å². The number of ether oxygens (including phenoxy) is 1. The molecule has 1 N–H and O–H groups in total. The largest absolute Gasteiger partial charge is 0.487 e. The number of aryl methyl sites for hydroxylation is 2. The second-order valence-electron chi connectivity index (χ2n) is 11.1. The van der Waals surface area contributed by atoms with Gasteiger partial charge in [-0.15, -0.1) is 5.10 Å². The van der Waals surface area contributed by atoms with Gasteiger partial charge in [0.25, 0.3) is 0 Å². The van der Waals surface area contributed by atoms with Crippen LogP contribution >= 0.6 is 0 Å². The van der Waals surface area contributed by atoms with E-state index in [0.29, 0.717) is 6.61 Å². The van der Waals surface area contributed by atoms with Crippen LogP contribution in [0.5, 0.6) is 5.75 Å². The lowest BCUT2D eigenvalue weighted by Crippen LogP contribution is -2.52. The molecular formula is C36H40N6O. The normalized spacial score (nSPS) is 16.0. The molecule has 0 aromatic heterocycles. The monoisotopic (exact) mass is 572 g/mol. The molecule has 4 aromatic rings. The number of hydrogen-bond donors (Lipinski definition) is 1. The lowest BCUT2D eigenvalue weighted by atomic mass is 10.1. The van der Waals surface area contributed by atoms with Crippen LogP contribution in [0.25, 0.3) is 6.08 Å². The summed E-state index contributed by atoms with van der Waals surface area (Å²) in [6.07, 6.45) is 4.48. The summed E-state index contributed by atoms with van der Waals surface area (Å²) in [5, 5.41) is 9.14. The van der Waals surface area contributed by atoms with E-state index >= 15 is 0 Å². The SMILES string of the molecule is Cc1cccc(C)c1N1C(CN2CCN(CC=Cc3ccccc3)CC2)=NNN1c1ccccc1OCc1ccccc1. The van der Waals surface area contributed by atoms with Crippen molar-refractivity contribution in [2.75, 3.05) is 49.4 Å². The van der Waals surface area contributed by atoms with E-state index in [9.17, 15) is 0 Å². The minimum Gasteiger partial charge on any atom is -0.487 e. The van der Waals surface area contributed by atoms with Gasteiger partial charge in [0.1, 0.15) is 18.0 Å². The van der Waals surface area contributed by atoms with Crippen molar-refractivity contribution in [3.05, 3.63) is 131 Å². The van der Waals surface area contributed by atoms with Crippen molar-refractivity contribution in [1.82, 2.24) is 15.3 Å². The lowest BCUT2D eigenvalue weighted by molar-refractivity contribution is 0.157. The minimum atomic E-state index is 0.494. The first-order valence-electron chi connectivity index (χ1n) is 15.1. The summed E-state index contributed by atoms with van der Waals surface area (Å²) < 4.78 is 6.36. The summed E-state index contributed by atoms with van der Waals surface area (Å²) in [6.45, 7) is 10.6. The molecule has 0 spiro atoms. The molecular weight excluding hydrogens is 532 g/mol. The third kappa shape index (κ3) is 6.91. The Hall–Kier alpha value is -4.59. The van der Waals surface area contributed by atoms with Gasteiger partial charge in [-0.2, -0.15) is 10.7 Å². The third-order valence-corrected chi connectivity index (χ3v) is 8.00.